The van der Waals surface area contributed by atoms with Crippen LogP contribution in [0.25, 0.3) is 5.69 Å². The molecule has 9 nitrogen and oxygen atoms in total. The van der Waals surface area contributed by atoms with E-state index in [9.17, 15) is 13.2 Å². The summed E-state index contributed by atoms with van der Waals surface area (Å²) < 4.78 is 28.1. The molecule has 3 rings (SSSR count). The lowest BCUT2D eigenvalue weighted by Gasteiger charge is -2.10. The van der Waals surface area contributed by atoms with Crippen molar-refractivity contribution in [1.82, 2.24) is 24.9 Å². The molecule has 2 aromatic carbocycles. The number of nitrogens with zero attached hydrogens (tertiary/aromatic N) is 4. The molecule has 0 aliphatic carbocycles. The molecule has 164 valence electrons. The molecule has 1 aromatic heterocycles. The number of aryl methyl sites for hydroxylation is 1. The molecular formula is C20H24N6O3S2. The minimum absolute atomic E-state index is 0.0619. The molecule has 0 aliphatic rings. The molecule has 0 saturated heterocycles. The largest absolute Gasteiger partial charge is 0.325 e. The molecule has 11 heteroatoms. The minimum atomic E-state index is -3.62. The van der Waals surface area contributed by atoms with Crippen LogP contribution in [0.5, 0.6) is 0 Å². The number of carbonyl (C=O) groups is 1. The summed E-state index contributed by atoms with van der Waals surface area (Å²) in [6.45, 7) is 5.94. The maximum absolute atomic E-state index is 12.4. The number of hydrogen-bond donors (Lipinski definition) is 2. The van der Waals surface area contributed by atoms with Crippen molar-refractivity contribution in [1.29, 1.82) is 0 Å². The molecule has 0 atom stereocenters. The average Bonchev–Trinajstić information content (AvgIpc) is 3.22. The van der Waals surface area contributed by atoms with Crippen LogP contribution in [0.2, 0.25) is 0 Å². The third kappa shape index (κ3) is 5.49. The highest BCUT2D eigenvalue weighted by Gasteiger charge is 2.17. The molecule has 0 spiro atoms. The van der Waals surface area contributed by atoms with Gasteiger partial charge in [-0.3, -0.25) is 4.79 Å². The maximum atomic E-state index is 12.4. The third-order valence-corrected chi connectivity index (χ3v) is 7.08. The first kappa shape index (κ1) is 22.9. The van der Waals surface area contributed by atoms with Gasteiger partial charge in [-0.15, -0.1) is 5.10 Å². The van der Waals surface area contributed by atoms with Crippen LogP contribution in [-0.2, 0) is 14.8 Å². The molecule has 0 bridgehead atoms. The van der Waals surface area contributed by atoms with E-state index in [2.05, 4.69) is 39.4 Å². The summed E-state index contributed by atoms with van der Waals surface area (Å²) in [5.74, 6) is 0.184. The summed E-state index contributed by atoms with van der Waals surface area (Å²) in [4.78, 5) is 12.5. The van der Waals surface area contributed by atoms with Crippen molar-refractivity contribution in [2.45, 2.75) is 36.7 Å². The molecule has 0 saturated carbocycles. The summed E-state index contributed by atoms with van der Waals surface area (Å²) in [6.07, 6.45) is 0. The first-order valence-electron chi connectivity index (χ1n) is 9.57. The monoisotopic (exact) mass is 460 g/mol. The summed E-state index contributed by atoms with van der Waals surface area (Å²) in [5.41, 5.74) is 3.00. The smallest absolute Gasteiger partial charge is 0.240 e. The highest BCUT2D eigenvalue weighted by Crippen LogP contribution is 2.22. The van der Waals surface area contributed by atoms with Gasteiger partial charge >= 0.3 is 0 Å². The Balaban J connectivity index is 1.68. The average molecular weight is 461 g/mol. The molecule has 31 heavy (non-hydrogen) atoms. The van der Waals surface area contributed by atoms with E-state index in [0.717, 1.165) is 5.69 Å². The predicted octanol–water partition coefficient (Wildman–Crippen LogP) is 2.73. The number of nitrogens with one attached hydrogen (secondary N) is 2. The van der Waals surface area contributed by atoms with Gasteiger partial charge in [0.1, 0.15) is 0 Å². The van der Waals surface area contributed by atoms with Crippen LogP contribution in [0, 0.1) is 6.92 Å². The molecule has 1 amide bonds. The minimum Gasteiger partial charge on any atom is -0.325 e. The Hall–Kier alpha value is -2.76. The molecule has 3 aromatic rings. The van der Waals surface area contributed by atoms with E-state index in [4.69, 9.17) is 0 Å². The second kappa shape index (κ2) is 9.58. The zero-order valence-electron chi connectivity index (χ0n) is 17.7. The van der Waals surface area contributed by atoms with E-state index in [1.807, 2.05) is 24.3 Å². The Morgan fingerprint density at radius 3 is 2.52 bits per heavy atom. The van der Waals surface area contributed by atoms with E-state index in [1.165, 1.54) is 30.4 Å². The Kier molecular flexibility index (Phi) is 7.08. The van der Waals surface area contributed by atoms with E-state index < -0.39 is 10.0 Å². The van der Waals surface area contributed by atoms with Crippen molar-refractivity contribution in [3.05, 3.63) is 53.6 Å². The summed E-state index contributed by atoms with van der Waals surface area (Å²) in [7, 11) is -2.27. The number of carbonyl (C=O) groups excluding carboxylic acids is 1. The van der Waals surface area contributed by atoms with Crippen LogP contribution in [0.4, 0.5) is 5.69 Å². The van der Waals surface area contributed by atoms with E-state index >= 15 is 0 Å². The lowest BCUT2D eigenvalue weighted by molar-refractivity contribution is -0.113. The van der Waals surface area contributed by atoms with Crippen molar-refractivity contribution in [2.24, 2.45) is 0 Å². The number of tetrazole rings is 1. The van der Waals surface area contributed by atoms with Crippen LogP contribution in [0.1, 0.15) is 30.9 Å². The molecule has 0 unspecified atom stereocenters. The van der Waals surface area contributed by atoms with Gasteiger partial charge in [-0.1, -0.05) is 43.8 Å². The van der Waals surface area contributed by atoms with Gasteiger partial charge in [0.05, 0.1) is 16.3 Å². The quantitative estimate of drug-likeness (QED) is 0.496. The highest BCUT2D eigenvalue weighted by atomic mass is 32.2. The molecular weight excluding hydrogens is 436 g/mol. The highest BCUT2D eigenvalue weighted by molar-refractivity contribution is 7.99. The lowest BCUT2D eigenvalue weighted by Crippen LogP contribution is -2.20. The van der Waals surface area contributed by atoms with Gasteiger partial charge in [0, 0.05) is 5.69 Å². The fourth-order valence-corrected chi connectivity index (χ4v) is 4.52. The molecule has 1 heterocycles. The predicted molar refractivity (Wildman–Crippen MR) is 120 cm³/mol. The zero-order valence-corrected chi connectivity index (χ0v) is 19.3. The fourth-order valence-electron chi connectivity index (χ4n) is 2.84. The van der Waals surface area contributed by atoms with Crippen LogP contribution < -0.4 is 10.0 Å². The number of anilines is 1. The second-order valence-corrected chi connectivity index (χ2v) is 9.94. The molecule has 0 aliphatic heterocycles. The van der Waals surface area contributed by atoms with E-state index in [0.29, 0.717) is 22.3 Å². The van der Waals surface area contributed by atoms with Crippen LogP contribution >= 0.6 is 11.8 Å². The molecule has 2 N–H and O–H groups in total. The van der Waals surface area contributed by atoms with Gasteiger partial charge in [0.2, 0.25) is 21.1 Å². The number of hydrogen-bond acceptors (Lipinski definition) is 7. The van der Waals surface area contributed by atoms with Crippen LogP contribution in [0.3, 0.4) is 0 Å². The summed E-state index contributed by atoms with van der Waals surface area (Å²) >= 11 is 1.19. The number of thioether (sulfide) groups is 1. The number of amides is 1. The number of sulfonamides is 1. The van der Waals surface area contributed by atoms with Gasteiger partial charge in [-0.25, -0.2) is 13.1 Å². The Morgan fingerprint density at radius 1 is 1.16 bits per heavy atom. The second-order valence-electron chi connectivity index (χ2n) is 7.14. The van der Waals surface area contributed by atoms with Crippen molar-refractivity contribution in [2.75, 3.05) is 18.1 Å². The Bertz CT molecular complexity index is 1170. The summed E-state index contributed by atoms with van der Waals surface area (Å²) in [6, 6.07) is 12.7. The number of rotatable bonds is 8. The molecule has 0 radical (unpaired) electrons. The molecule has 0 fully saturated rings. The fraction of sp³-hybridized carbons (Fsp3) is 0.300. The lowest BCUT2D eigenvalue weighted by atomic mass is 10.0. The first-order chi connectivity index (χ1) is 14.7. The van der Waals surface area contributed by atoms with Crippen molar-refractivity contribution in [3.8, 4) is 5.69 Å². The van der Waals surface area contributed by atoms with Crippen LogP contribution in [-0.4, -0.2) is 47.3 Å². The van der Waals surface area contributed by atoms with Crippen molar-refractivity contribution < 1.29 is 13.2 Å². The zero-order chi connectivity index (χ0) is 22.6. The normalized spacial score (nSPS) is 11.6. The number of aromatic nitrogens is 4. The van der Waals surface area contributed by atoms with Gasteiger partial charge in [-0.05, 0) is 65.7 Å². The van der Waals surface area contributed by atoms with Crippen LogP contribution in [0.15, 0.2) is 52.5 Å². The van der Waals surface area contributed by atoms with Crippen molar-refractivity contribution >= 4 is 33.4 Å². The van der Waals surface area contributed by atoms with E-state index in [-0.39, 0.29) is 16.6 Å². The SMILES string of the molecule is CNS(=O)(=O)c1cc(NC(=O)CSc2nnnn2-c2ccc(C(C)C)cc2)ccc1C. The van der Waals surface area contributed by atoms with Gasteiger partial charge in [0.15, 0.2) is 0 Å². The third-order valence-electron chi connectivity index (χ3n) is 4.61. The number of benzene rings is 2. The van der Waals surface area contributed by atoms with Crippen molar-refractivity contribution in [3.63, 3.8) is 0 Å². The van der Waals surface area contributed by atoms with E-state index in [1.54, 1.807) is 23.7 Å². The topological polar surface area (TPSA) is 119 Å². The Morgan fingerprint density at radius 2 is 1.87 bits per heavy atom. The summed E-state index contributed by atoms with van der Waals surface area (Å²) in [5, 5.41) is 14.9. The van der Waals surface area contributed by atoms with Gasteiger partial charge in [0.25, 0.3) is 0 Å². The first-order valence-corrected chi connectivity index (χ1v) is 12.0. The van der Waals surface area contributed by atoms with Gasteiger partial charge in [-0.2, -0.15) is 4.68 Å². The standard InChI is InChI=1S/C20H24N6O3S2/c1-13(2)15-6-9-17(10-7-15)26-20(23-24-25-26)30-12-19(27)22-16-8-5-14(3)18(11-16)31(28,29)21-4/h5-11,13,21H,12H2,1-4H3,(H,22,27). The maximum Gasteiger partial charge on any atom is 0.240 e. The van der Waals surface area contributed by atoms with Gasteiger partial charge < -0.3 is 5.32 Å². The Labute approximate surface area is 185 Å².